The van der Waals surface area contributed by atoms with E-state index in [1.807, 2.05) is 6.92 Å². The van der Waals surface area contributed by atoms with Crippen molar-refractivity contribution in [1.82, 2.24) is 5.32 Å². The number of carbonyl (C=O) groups excluding carboxylic acids is 2. The third-order valence-electron chi connectivity index (χ3n) is 3.82. The van der Waals surface area contributed by atoms with Gasteiger partial charge in [-0.1, -0.05) is 36.5 Å². The van der Waals surface area contributed by atoms with Crippen LogP contribution < -0.4 is 10.6 Å². The topological polar surface area (TPSA) is 67.4 Å². The maximum atomic E-state index is 12.1. The van der Waals surface area contributed by atoms with Gasteiger partial charge in [-0.25, -0.2) is 4.79 Å². The summed E-state index contributed by atoms with van der Waals surface area (Å²) in [5.74, 6) is -0.445. The van der Waals surface area contributed by atoms with Gasteiger partial charge in [0.15, 0.2) is 0 Å². The molecule has 0 aliphatic carbocycles. The summed E-state index contributed by atoms with van der Waals surface area (Å²) in [6, 6.07) is 2.42. The van der Waals surface area contributed by atoms with Crippen molar-refractivity contribution in [3.63, 3.8) is 0 Å². The number of hydrogen-bond donors (Lipinski definition) is 2. The molecule has 1 heterocycles. The highest BCUT2D eigenvalue weighted by Crippen LogP contribution is 2.40. The van der Waals surface area contributed by atoms with Gasteiger partial charge in [0.05, 0.1) is 13.2 Å². The molecule has 2 atom stereocenters. The van der Waals surface area contributed by atoms with E-state index in [2.05, 4.69) is 10.6 Å². The fourth-order valence-corrected chi connectivity index (χ4v) is 3.32. The lowest BCUT2D eigenvalue weighted by atomic mass is 9.92. The van der Waals surface area contributed by atoms with Gasteiger partial charge in [0, 0.05) is 34.1 Å². The van der Waals surface area contributed by atoms with E-state index in [-0.39, 0.29) is 17.9 Å². The van der Waals surface area contributed by atoms with Gasteiger partial charge in [-0.05, 0) is 18.6 Å². The van der Waals surface area contributed by atoms with Crippen LogP contribution in [0.3, 0.4) is 0 Å². The van der Waals surface area contributed by atoms with E-state index in [1.54, 1.807) is 12.1 Å². The predicted octanol–water partition coefficient (Wildman–Crippen LogP) is 3.70. The molecule has 0 spiro atoms. The second-order valence-electron chi connectivity index (χ2n) is 5.53. The van der Waals surface area contributed by atoms with Gasteiger partial charge in [0.2, 0.25) is 5.91 Å². The first-order valence-electron chi connectivity index (χ1n) is 7.59. The lowest BCUT2D eigenvalue weighted by Crippen LogP contribution is -2.41. The number of rotatable bonds is 5. The van der Waals surface area contributed by atoms with E-state index in [0.717, 1.165) is 18.4 Å². The number of halogens is 2. The average molecular weight is 359 g/mol. The van der Waals surface area contributed by atoms with Crippen LogP contribution in [0.2, 0.25) is 10.0 Å². The molecule has 1 aromatic carbocycles. The molecule has 1 aliphatic heterocycles. The van der Waals surface area contributed by atoms with Crippen molar-refractivity contribution < 1.29 is 14.3 Å². The molecule has 2 N–H and O–H groups in total. The van der Waals surface area contributed by atoms with Crippen LogP contribution in [-0.4, -0.2) is 25.0 Å². The summed E-state index contributed by atoms with van der Waals surface area (Å²) in [7, 11) is 1.33. The van der Waals surface area contributed by atoms with Crippen molar-refractivity contribution in [2.45, 2.75) is 44.7 Å². The first kappa shape index (κ1) is 17.9. The molecule has 0 saturated carbocycles. The second-order valence-corrected chi connectivity index (χ2v) is 6.37. The largest absolute Gasteiger partial charge is 0.467 e. The van der Waals surface area contributed by atoms with Crippen molar-refractivity contribution in [3.8, 4) is 0 Å². The fourth-order valence-electron chi connectivity index (χ4n) is 2.69. The van der Waals surface area contributed by atoms with Gasteiger partial charge in [-0.2, -0.15) is 0 Å². The van der Waals surface area contributed by atoms with E-state index in [0.29, 0.717) is 28.6 Å². The maximum absolute atomic E-state index is 12.1. The van der Waals surface area contributed by atoms with E-state index in [4.69, 9.17) is 27.9 Å². The van der Waals surface area contributed by atoms with Crippen molar-refractivity contribution >= 4 is 40.8 Å². The summed E-state index contributed by atoms with van der Waals surface area (Å²) in [4.78, 5) is 24.0. The number of carbonyl (C=O) groups is 2. The van der Waals surface area contributed by atoms with Gasteiger partial charge in [0.1, 0.15) is 6.04 Å². The van der Waals surface area contributed by atoms with Crippen molar-refractivity contribution in [2.75, 3.05) is 12.4 Å². The summed E-state index contributed by atoms with van der Waals surface area (Å²) < 4.78 is 4.80. The molecule has 0 bridgehead atoms. The Labute approximate surface area is 145 Å². The minimum Gasteiger partial charge on any atom is -0.467 e. The summed E-state index contributed by atoms with van der Waals surface area (Å²) >= 11 is 12.3. The minimum absolute atomic E-state index is 0.0562. The lowest BCUT2D eigenvalue weighted by Gasteiger charge is -2.33. The molecule has 5 nitrogen and oxygen atoms in total. The molecule has 0 unspecified atom stereocenters. The number of fused-ring (bicyclic) bond motifs is 1. The molecule has 0 saturated heterocycles. The molecule has 1 amide bonds. The highest BCUT2D eigenvalue weighted by Gasteiger charge is 2.34. The first-order valence-corrected chi connectivity index (χ1v) is 8.34. The van der Waals surface area contributed by atoms with Crippen LogP contribution in [0.15, 0.2) is 12.1 Å². The van der Waals surface area contributed by atoms with Crippen LogP contribution >= 0.6 is 23.2 Å². The number of hydrogen-bond acceptors (Lipinski definition) is 4. The second kappa shape index (κ2) is 7.88. The summed E-state index contributed by atoms with van der Waals surface area (Å²) in [5.41, 5.74) is 1.39. The molecule has 0 fully saturated rings. The molecule has 1 aliphatic rings. The number of nitrogens with one attached hydrogen (secondary N) is 2. The molecule has 0 aromatic heterocycles. The zero-order valence-corrected chi connectivity index (χ0v) is 14.6. The number of methoxy groups -OCH3 is 1. The van der Waals surface area contributed by atoms with Gasteiger partial charge >= 0.3 is 5.97 Å². The number of anilines is 1. The van der Waals surface area contributed by atoms with Gasteiger partial charge in [-0.3, -0.25) is 4.79 Å². The molecule has 23 heavy (non-hydrogen) atoms. The van der Waals surface area contributed by atoms with Crippen molar-refractivity contribution in [3.05, 3.63) is 27.7 Å². The van der Waals surface area contributed by atoms with Crippen LogP contribution in [-0.2, 0) is 14.3 Å². The average Bonchev–Trinajstić information content (AvgIpc) is 2.50. The normalized spacial score (nSPS) is 19.5. The highest BCUT2D eigenvalue weighted by molar-refractivity contribution is 6.35. The predicted molar refractivity (Wildman–Crippen MR) is 90.9 cm³/mol. The number of benzene rings is 1. The molecule has 126 valence electrons. The van der Waals surface area contributed by atoms with E-state index >= 15 is 0 Å². The fraction of sp³-hybridized carbons (Fsp3) is 0.500. The maximum Gasteiger partial charge on any atom is 0.328 e. The Bertz CT molecular complexity index is 607. The summed E-state index contributed by atoms with van der Waals surface area (Å²) in [6.07, 6.45) is 2.58. The van der Waals surface area contributed by atoms with Crippen LogP contribution in [0.5, 0.6) is 0 Å². The zero-order valence-electron chi connectivity index (χ0n) is 13.1. The van der Waals surface area contributed by atoms with Crippen LogP contribution in [0, 0.1) is 0 Å². The Morgan fingerprint density at radius 1 is 1.39 bits per heavy atom. The van der Waals surface area contributed by atoms with Crippen LogP contribution in [0.1, 0.15) is 44.2 Å². The zero-order chi connectivity index (χ0) is 17.0. The first-order chi connectivity index (χ1) is 11.0. The Morgan fingerprint density at radius 3 is 2.78 bits per heavy atom. The molecular formula is C16H20Cl2N2O3. The van der Waals surface area contributed by atoms with E-state index in [1.165, 1.54) is 7.11 Å². The summed E-state index contributed by atoms with van der Waals surface area (Å²) in [6.45, 7) is 2.03. The number of ether oxygens (including phenoxy) is 1. The number of esters is 1. The standard InChI is InChI=1S/C16H20Cl2N2O3/c1-3-4-5-14(21)20-12-8-13(16(22)23-2)19-11-7-9(17)6-10(18)15(11)12/h6-7,12-13,19H,3-5,8H2,1-2H3,(H,20,21)/t12-,13+/m1/s1. The minimum atomic E-state index is -0.557. The van der Waals surface area contributed by atoms with E-state index in [9.17, 15) is 9.59 Å². The van der Waals surface area contributed by atoms with Crippen LogP contribution in [0.25, 0.3) is 0 Å². The molecule has 0 radical (unpaired) electrons. The van der Waals surface area contributed by atoms with Gasteiger partial charge in [0.25, 0.3) is 0 Å². The van der Waals surface area contributed by atoms with Gasteiger partial charge < -0.3 is 15.4 Å². The Kier molecular flexibility index (Phi) is 6.13. The third-order valence-corrected chi connectivity index (χ3v) is 4.35. The third kappa shape index (κ3) is 4.30. The highest BCUT2D eigenvalue weighted by atomic mass is 35.5. The quantitative estimate of drug-likeness (QED) is 0.787. The molecular weight excluding hydrogens is 339 g/mol. The molecule has 2 rings (SSSR count). The number of unbranched alkanes of at least 4 members (excludes halogenated alkanes) is 1. The Hall–Kier alpha value is -1.46. The Morgan fingerprint density at radius 2 is 2.13 bits per heavy atom. The summed E-state index contributed by atoms with van der Waals surface area (Å²) in [5, 5.41) is 6.97. The SMILES string of the molecule is CCCCC(=O)N[C@@H]1C[C@@H](C(=O)OC)Nc2cc(Cl)cc(Cl)c21. The Balaban J connectivity index is 2.29. The van der Waals surface area contributed by atoms with Crippen molar-refractivity contribution in [2.24, 2.45) is 0 Å². The van der Waals surface area contributed by atoms with Crippen molar-refractivity contribution in [1.29, 1.82) is 0 Å². The van der Waals surface area contributed by atoms with Crippen LogP contribution in [0.4, 0.5) is 5.69 Å². The van der Waals surface area contributed by atoms with Gasteiger partial charge in [-0.15, -0.1) is 0 Å². The molecule has 7 heteroatoms. The molecule has 1 aromatic rings. The smallest absolute Gasteiger partial charge is 0.328 e. The van der Waals surface area contributed by atoms with E-state index < -0.39 is 6.04 Å². The monoisotopic (exact) mass is 358 g/mol. The lowest BCUT2D eigenvalue weighted by molar-refractivity contribution is -0.142. The number of amides is 1.